The standard InChI is InChI=1S/C20H35N3O5/c1-20(2,3)28-19(25)23-7-4-5-16(23)18(24)21-13-17(15-6-10-27-14-15)22-8-11-26-12-9-22/h15-17H,4-14H2,1-3H3,(H,21,24). The predicted molar refractivity (Wildman–Crippen MR) is 104 cm³/mol. The van der Waals surface area contributed by atoms with Gasteiger partial charge in [0, 0.05) is 44.7 Å². The number of likely N-dealkylation sites (tertiary alicyclic amines) is 1. The second kappa shape index (κ2) is 9.41. The van der Waals surface area contributed by atoms with Crippen LogP contribution >= 0.6 is 0 Å². The molecule has 3 fully saturated rings. The van der Waals surface area contributed by atoms with E-state index in [-0.39, 0.29) is 11.9 Å². The predicted octanol–water partition coefficient (Wildman–Crippen LogP) is 1.24. The van der Waals surface area contributed by atoms with Gasteiger partial charge < -0.3 is 19.5 Å². The zero-order valence-corrected chi connectivity index (χ0v) is 17.4. The first-order valence-corrected chi connectivity index (χ1v) is 10.5. The van der Waals surface area contributed by atoms with Gasteiger partial charge in [0.1, 0.15) is 11.6 Å². The maximum Gasteiger partial charge on any atom is 0.410 e. The van der Waals surface area contributed by atoms with Crippen LogP contribution in [-0.4, -0.2) is 92.1 Å². The molecule has 3 saturated heterocycles. The molecule has 1 N–H and O–H groups in total. The minimum Gasteiger partial charge on any atom is -0.444 e. The van der Waals surface area contributed by atoms with E-state index in [0.717, 1.165) is 52.4 Å². The lowest BCUT2D eigenvalue weighted by molar-refractivity contribution is -0.126. The Hall–Kier alpha value is -1.38. The topological polar surface area (TPSA) is 80.3 Å². The van der Waals surface area contributed by atoms with E-state index in [9.17, 15) is 9.59 Å². The maximum atomic E-state index is 12.9. The number of hydrogen-bond acceptors (Lipinski definition) is 6. The van der Waals surface area contributed by atoms with E-state index < -0.39 is 17.7 Å². The lowest BCUT2D eigenvalue weighted by Gasteiger charge is -2.38. The number of ether oxygens (including phenoxy) is 3. The van der Waals surface area contributed by atoms with E-state index in [1.54, 1.807) is 4.90 Å². The summed E-state index contributed by atoms with van der Waals surface area (Å²) in [6.45, 7) is 11.4. The molecule has 8 heteroatoms. The molecule has 0 aromatic rings. The molecule has 8 nitrogen and oxygen atoms in total. The van der Waals surface area contributed by atoms with Crippen molar-refractivity contribution in [2.75, 3.05) is 52.6 Å². The Labute approximate surface area is 167 Å². The Balaban J connectivity index is 1.57. The minimum atomic E-state index is -0.565. The Morgan fingerprint density at radius 1 is 1.11 bits per heavy atom. The molecule has 0 aromatic heterocycles. The highest BCUT2D eigenvalue weighted by molar-refractivity contribution is 5.86. The number of carbonyl (C=O) groups is 2. The fourth-order valence-corrected chi connectivity index (χ4v) is 4.26. The van der Waals surface area contributed by atoms with Crippen LogP contribution in [0, 0.1) is 5.92 Å². The van der Waals surface area contributed by atoms with Crippen LogP contribution in [0.1, 0.15) is 40.0 Å². The van der Waals surface area contributed by atoms with Gasteiger partial charge in [0.05, 0.1) is 19.8 Å². The highest BCUT2D eigenvalue weighted by atomic mass is 16.6. The van der Waals surface area contributed by atoms with Crippen LogP contribution in [0.4, 0.5) is 4.79 Å². The smallest absolute Gasteiger partial charge is 0.410 e. The van der Waals surface area contributed by atoms with Crippen molar-refractivity contribution in [3.05, 3.63) is 0 Å². The van der Waals surface area contributed by atoms with E-state index in [4.69, 9.17) is 14.2 Å². The second-order valence-electron chi connectivity index (χ2n) is 8.92. The molecule has 3 rings (SSSR count). The minimum absolute atomic E-state index is 0.0828. The van der Waals surface area contributed by atoms with Gasteiger partial charge in [-0.3, -0.25) is 14.6 Å². The Morgan fingerprint density at radius 2 is 1.86 bits per heavy atom. The normalized spacial score (nSPS) is 27.6. The summed E-state index contributed by atoms with van der Waals surface area (Å²) >= 11 is 0. The molecule has 3 atom stereocenters. The lowest BCUT2D eigenvalue weighted by Crippen LogP contribution is -2.54. The molecule has 3 heterocycles. The van der Waals surface area contributed by atoms with Crippen molar-refractivity contribution < 1.29 is 23.8 Å². The van der Waals surface area contributed by atoms with Gasteiger partial charge in [0.2, 0.25) is 5.91 Å². The molecule has 160 valence electrons. The highest BCUT2D eigenvalue weighted by Crippen LogP contribution is 2.23. The summed E-state index contributed by atoms with van der Waals surface area (Å²) in [6, 6.07) is -0.202. The highest BCUT2D eigenvalue weighted by Gasteiger charge is 2.38. The van der Waals surface area contributed by atoms with Gasteiger partial charge >= 0.3 is 6.09 Å². The molecule has 0 saturated carbocycles. The van der Waals surface area contributed by atoms with Gasteiger partial charge in [-0.05, 0) is 40.0 Å². The van der Waals surface area contributed by atoms with Crippen LogP contribution in [0.5, 0.6) is 0 Å². The van der Waals surface area contributed by atoms with E-state index >= 15 is 0 Å². The molecule has 0 spiro atoms. The van der Waals surface area contributed by atoms with Gasteiger partial charge in [0.15, 0.2) is 0 Å². The molecule has 0 aromatic carbocycles. The van der Waals surface area contributed by atoms with Crippen LogP contribution in [0.15, 0.2) is 0 Å². The number of rotatable bonds is 5. The molecule has 3 aliphatic rings. The fourth-order valence-electron chi connectivity index (χ4n) is 4.26. The molecular formula is C20H35N3O5. The lowest BCUT2D eigenvalue weighted by atomic mass is 9.96. The first-order valence-electron chi connectivity index (χ1n) is 10.5. The van der Waals surface area contributed by atoms with Crippen LogP contribution in [0.3, 0.4) is 0 Å². The second-order valence-corrected chi connectivity index (χ2v) is 8.92. The van der Waals surface area contributed by atoms with Crippen LogP contribution in [-0.2, 0) is 19.0 Å². The van der Waals surface area contributed by atoms with Crippen LogP contribution in [0.2, 0.25) is 0 Å². The zero-order chi connectivity index (χ0) is 20.1. The molecule has 3 aliphatic heterocycles. The fraction of sp³-hybridized carbons (Fsp3) is 0.900. The third kappa shape index (κ3) is 5.58. The van der Waals surface area contributed by atoms with Crippen molar-refractivity contribution in [3.8, 4) is 0 Å². The van der Waals surface area contributed by atoms with E-state index in [0.29, 0.717) is 25.4 Å². The summed E-state index contributed by atoms with van der Waals surface area (Å²) in [5.41, 5.74) is -0.565. The van der Waals surface area contributed by atoms with Crippen LogP contribution in [0.25, 0.3) is 0 Å². The Bertz CT molecular complexity index is 538. The molecule has 0 radical (unpaired) electrons. The summed E-state index contributed by atoms with van der Waals surface area (Å²) in [4.78, 5) is 29.3. The number of nitrogens with zero attached hydrogens (tertiary/aromatic N) is 2. The molecule has 0 aliphatic carbocycles. The third-order valence-corrected chi connectivity index (χ3v) is 5.69. The van der Waals surface area contributed by atoms with Gasteiger partial charge in [-0.15, -0.1) is 0 Å². The van der Waals surface area contributed by atoms with Gasteiger partial charge in [-0.25, -0.2) is 4.79 Å². The molecule has 28 heavy (non-hydrogen) atoms. The quantitative estimate of drug-likeness (QED) is 0.752. The number of morpholine rings is 1. The van der Waals surface area contributed by atoms with Gasteiger partial charge in [-0.1, -0.05) is 0 Å². The first-order chi connectivity index (χ1) is 13.3. The van der Waals surface area contributed by atoms with E-state index in [1.165, 1.54) is 0 Å². The Kier molecular flexibility index (Phi) is 7.17. The average molecular weight is 398 g/mol. The molecule has 3 unspecified atom stereocenters. The third-order valence-electron chi connectivity index (χ3n) is 5.69. The number of amides is 2. The summed E-state index contributed by atoms with van der Waals surface area (Å²) in [6.07, 6.45) is 2.12. The summed E-state index contributed by atoms with van der Waals surface area (Å²) < 4.78 is 16.5. The first kappa shape index (κ1) is 21.3. The number of nitrogens with one attached hydrogen (secondary N) is 1. The average Bonchev–Trinajstić information content (AvgIpc) is 3.33. The van der Waals surface area contributed by atoms with E-state index in [1.807, 2.05) is 20.8 Å². The van der Waals surface area contributed by atoms with Crippen molar-refractivity contribution >= 4 is 12.0 Å². The Morgan fingerprint density at radius 3 is 2.50 bits per heavy atom. The van der Waals surface area contributed by atoms with Crippen molar-refractivity contribution in [2.45, 2.75) is 57.7 Å². The van der Waals surface area contributed by atoms with Crippen molar-refractivity contribution in [3.63, 3.8) is 0 Å². The summed E-state index contributed by atoms with van der Waals surface area (Å²) in [5, 5.41) is 3.12. The summed E-state index contributed by atoms with van der Waals surface area (Å²) in [5.74, 6) is 0.337. The van der Waals surface area contributed by atoms with Gasteiger partial charge in [0.25, 0.3) is 0 Å². The summed E-state index contributed by atoms with van der Waals surface area (Å²) in [7, 11) is 0. The maximum absolute atomic E-state index is 12.9. The van der Waals surface area contributed by atoms with E-state index in [2.05, 4.69) is 10.2 Å². The van der Waals surface area contributed by atoms with Gasteiger partial charge in [-0.2, -0.15) is 0 Å². The SMILES string of the molecule is CC(C)(C)OC(=O)N1CCCC1C(=O)NCC(C1CCOC1)N1CCOCC1. The number of hydrogen-bond donors (Lipinski definition) is 1. The van der Waals surface area contributed by atoms with Crippen molar-refractivity contribution in [1.82, 2.24) is 15.1 Å². The monoisotopic (exact) mass is 397 g/mol. The largest absolute Gasteiger partial charge is 0.444 e. The van der Waals surface area contributed by atoms with Crippen molar-refractivity contribution in [1.29, 1.82) is 0 Å². The molecule has 2 amide bonds. The molecule has 0 bridgehead atoms. The van der Waals surface area contributed by atoms with Crippen LogP contribution < -0.4 is 5.32 Å². The zero-order valence-electron chi connectivity index (χ0n) is 17.4. The van der Waals surface area contributed by atoms with Crippen molar-refractivity contribution in [2.24, 2.45) is 5.92 Å². The number of carbonyl (C=O) groups excluding carboxylic acids is 2. The molecular weight excluding hydrogens is 362 g/mol.